The zero-order valence-electron chi connectivity index (χ0n) is 16.4. The zero-order chi connectivity index (χ0) is 21.0. The second-order valence-electron chi connectivity index (χ2n) is 7.37. The molecule has 2 aromatic carbocycles. The number of halogens is 2. The van der Waals surface area contributed by atoms with Gasteiger partial charge in [0.25, 0.3) is 0 Å². The zero-order valence-corrected chi connectivity index (χ0v) is 16.4. The van der Waals surface area contributed by atoms with Crippen LogP contribution in [0.4, 0.5) is 8.78 Å². The lowest BCUT2D eigenvalue weighted by Gasteiger charge is -2.08. The molecule has 2 aliphatic rings. The minimum Gasteiger partial charge on any atom is -0.505 e. The molecule has 0 fully saturated rings. The van der Waals surface area contributed by atoms with Gasteiger partial charge in [-0.3, -0.25) is 9.59 Å². The van der Waals surface area contributed by atoms with E-state index in [2.05, 4.69) is 0 Å². The van der Waals surface area contributed by atoms with Gasteiger partial charge in [0.2, 0.25) is 0 Å². The number of phenols is 1. The van der Waals surface area contributed by atoms with Crippen LogP contribution >= 0.6 is 0 Å². The predicted molar refractivity (Wildman–Crippen MR) is 105 cm³/mol. The van der Waals surface area contributed by atoms with E-state index in [1.54, 1.807) is 6.07 Å². The number of fused-ring (bicyclic) bond motifs is 2. The summed E-state index contributed by atoms with van der Waals surface area (Å²) in [6, 6.07) is 5.47. The number of benzene rings is 2. The Labute approximate surface area is 168 Å². The molecule has 0 bridgehead atoms. The summed E-state index contributed by atoms with van der Waals surface area (Å²) < 4.78 is 31.3. The fraction of sp³-hybridized carbons (Fsp3) is 0.391. The monoisotopic (exact) mass is 402 g/mol. The van der Waals surface area contributed by atoms with Crippen molar-refractivity contribution in [3.05, 3.63) is 58.2 Å². The molecule has 0 heterocycles. The highest BCUT2D eigenvalue weighted by molar-refractivity contribution is 5.98. The average Bonchev–Trinajstić information content (AvgIpc) is 2.99. The van der Waals surface area contributed by atoms with Gasteiger partial charge < -0.3 is 9.84 Å². The molecule has 0 spiro atoms. The van der Waals surface area contributed by atoms with Crippen LogP contribution in [0.2, 0.25) is 0 Å². The number of hydrogen-bond acceptors (Lipinski definition) is 4. The van der Waals surface area contributed by atoms with Gasteiger partial charge in [-0.15, -0.1) is 0 Å². The summed E-state index contributed by atoms with van der Waals surface area (Å²) in [6.07, 6.45) is 6.22. The number of methoxy groups -OCH3 is 1. The van der Waals surface area contributed by atoms with Crippen LogP contribution in [0.1, 0.15) is 70.4 Å². The molecule has 6 heteroatoms. The first-order valence-electron chi connectivity index (χ1n) is 9.85. The maximum absolute atomic E-state index is 13.4. The van der Waals surface area contributed by atoms with Crippen molar-refractivity contribution in [3.63, 3.8) is 0 Å². The van der Waals surface area contributed by atoms with Crippen molar-refractivity contribution in [2.45, 2.75) is 51.4 Å². The van der Waals surface area contributed by atoms with Crippen molar-refractivity contribution in [2.24, 2.45) is 0 Å². The number of carbonyl (C=O) groups is 2. The lowest BCUT2D eigenvalue weighted by atomic mass is 10.0. The molecule has 0 saturated carbocycles. The topological polar surface area (TPSA) is 63.6 Å². The number of ether oxygens (including phenoxy) is 1. The maximum Gasteiger partial charge on any atom is 0.165 e. The normalized spacial score (nSPS) is 16.0. The Morgan fingerprint density at radius 2 is 1.24 bits per heavy atom. The molecule has 1 N–H and O–H groups in total. The fourth-order valence-corrected chi connectivity index (χ4v) is 3.76. The Balaban J connectivity index is 0.000000166. The Bertz CT molecular complexity index is 937. The quantitative estimate of drug-likeness (QED) is 0.668. The maximum atomic E-state index is 13.4. The summed E-state index contributed by atoms with van der Waals surface area (Å²) in [5, 5.41) is 9.17. The van der Waals surface area contributed by atoms with Crippen LogP contribution in [0.3, 0.4) is 0 Å². The van der Waals surface area contributed by atoms with Crippen molar-refractivity contribution in [1.29, 1.82) is 0 Å². The molecule has 0 radical (unpaired) electrons. The highest BCUT2D eigenvalue weighted by Gasteiger charge is 2.19. The smallest absolute Gasteiger partial charge is 0.165 e. The third-order valence-corrected chi connectivity index (χ3v) is 5.35. The Morgan fingerprint density at radius 1 is 0.759 bits per heavy atom. The molecule has 2 aliphatic carbocycles. The van der Waals surface area contributed by atoms with E-state index in [0.717, 1.165) is 55.7 Å². The van der Waals surface area contributed by atoms with Crippen LogP contribution in [0.5, 0.6) is 11.5 Å². The van der Waals surface area contributed by atoms with E-state index in [9.17, 15) is 18.4 Å². The van der Waals surface area contributed by atoms with Crippen molar-refractivity contribution < 1.29 is 28.2 Å². The first-order valence-corrected chi connectivity index (χ1v) is 9.85. The van der Waals surface area contributed by atoms with Crippen LogP contribution in [-0.4, -0.2) is 23.8 Å². The molecule has 0 unspecified atom stereocenters. The molecule has 0 aromatic heterocycles. The highest BCUT2D eigenvalue weighted by atomic mass is 19.1. The molecular weight excluding hydrogens is 378 g/mol. The number of rotatable bonds is 1. The minimum absolute atomic E-state index is 0.0172. The van der Waals surface area contributed by atoms with Crippen LogP contribution < -0.4 is 4.74 Å². The van der Waals surface area contributed by atoms with E-state index in [4.69, 9.17) is 9.84 Å². The van der Waals surface area contributed by atoms with Crippen molar-refractivity contribution >= 4 is 11.6 Å². The third kappa shape index (κ3) is 4.81. The molecule has 4 nitrogen and oxygen atoms in total. The lowest BCUT2D eigenvalue weighted by Crippen LogP contribution is -2.02. The summed E-state index contributed by atoms with van der Waals surface area (Å²) >= 11 is 0. The SMILES string of the molecule is COc1cc2c(cc1F)C(=O)CCCC2.O=C1CCCCc2cc(O)c(F)cc21. The minimum atomic E-state index is -0.709. The largest absolute Gasteiger partial charge is 0.505 e. The van der Waals surface area contributed by atoms with E-state index in [-0.39, 0.29) is 23.1 Å². The molecule has 0 atom stereocenters. The Kier molecular flexibility index (Phi) is 6.62. The predicted octanol–water partition coefficient (Wildman–Crippen LogP) is 5.18. The van der Waals surface area contributed by atoms with Crippen LogP contribution in [0.15, 0.2) is 24.3 Å². The number of aromatic hydroxyl groups is 1. The summed E-state index contributed by atoms with van der Waals surface area (Å²) in [5.74, 6) is -1.27. The van der Waals surface area contributed by atoms with Gasteiger partial charge in [-0.1, -0.05) is 0 Å². The van der Waals surface area contributed by atoms with Gasteiger partial charge in [0.1, 0.15) is 0 Å². The second kappa shape index (κ2) is 9.16. The molecule has 0 aliphatic heterocycles. The molecule has 0 saturated heterocycles. The van der Waals surface area contributed by atoms with E-state index in [1.165, 1.54) is 19.2 Å². The molecule has 4 rings (SSSR count). The summed E-state index contributed by atoms with van der Waals surface area (Å²) in [4.78, 5) is 23.2. The first kappa shape index (κ1) is 21.0. The third-order valence-electron chi connectivity index (χ3n) is 5.35. The van der Waals surface area contributed by atoms with E-state index >= 15 is 0 Å². The molecular formula is C23H24F2O4. The molecule has 154 valence electrons. The van der Waals surface area contributed by atoms with Crippen molar-refractivity contribution in [3.8, 4) is 11.5 Å². The van der Waals surface area contributed by atoms with Gasteiger partial charge in [0, 0.05) is 24.0 Å². The van der Waals surface area contributed by atoms with Crippen LogP contribution in [-0.2, 0) is 12.8 Å². The Hall–Kier alpha value is -2.76. The lowest BCUT2D eigenvalue weighted by molar-refractivity contribution is 0.0973. The number of hydrogen-bond donors (Lipinski definition) is 1. The Morgan fingerprint density at radius 3 is 1.79 bits per heavy atom. The highest BCUT2D eigenvalue weighted by Crippen LogP contribution is 2.28. The fourth-order valence-electron chi connectivity index (χ4n) is 3.76. The molecule has 29 heavy (non-hydrogen) atoms. The number of carbonyl (C=O) groups excluding carboxylic acids is 2. The van der Waals surface area contributed by atoms with Gasteiger partial charge in [-0.2, -0.15) is 0 Å². The van der Waals surface area contributed by atoms with Gasteiger partial charge in [-0.05, 0) is 73.9 Å². The summed E-state index contributed by atoms with van der Waals surface area (Å²) in [5.41, 5.74) is 2.66. The molecule has 2 aromatic rings. The summed E-state index contributed by atoms with van der Waals surface area (Å²) in [6.45, 7) is 0. The van der Waals surface area contributed by atoms with Crippen molar-refractivity contribution in [2.75, 3.05) is 7.11 Å². The van der Waals surface area contributed by atoms with Gasteiger partial charge in [-0.25, -0.2) is 8.78 Å². The van der Waals surface area contributed by atoms with Crippen LogP contribution in [0, 0.1) is 11.6 Å². The standard InChI is InChI=1S/C12H13FO2.C11H11FO2/c1-15-12-6-8-4-2-3-5-11(14)9(8)7-10(12)13;12-9-6-8-7(5-11(9)14)3-1-2-4-10(8)13/h6-7H,2-5H2,1H3;5-6,14H,1-4H2. The van der Waals surface area contributed by atoms with Gasteiger partial charge in [0.15, 0.2) is 34.7 Å². The number of phenolic OH excluding ortho intramolecular Hbond substituents is 1. The number of ketones is 2. The van der Waals surface area contributed by atoms with Crippen LogP contribution in [0.25, 0.3) is 0 Å². The van der Waals surface area contributed by atoms with E-state index in [1.807, 2.05) is 0 Å². The summed E-state index contributed by atoms with van der Waals surface area (Å²) in [7, 11) is 1.43. The van der Waals surface area contributed by atoms with E-state index < -0.39 is 11.6 Å². The number of Topliss-reactive ketones (excluding diaryl/α,β-unsaturated/α-hetero) is 2. The average molecular weight is 402 g/mol. The second-order valence-corrected chi connectivity index (χ2v) is 7.37. The number of aryl methyl sites for hydroxylation is 2. The van der Waals surface area contributed by atoms with Gasteiger partial charge in [0.05, 0.1) is 7.11 Å². The van der Waals surface area contributed by atoms with Gasteiger partial charge >= 0.3 is 0 Å². The molecule has 0 amide bonds. The van der Waals surface area contributed by atoms with Crippen molar-refractivity contribution in [1.82, 2.24) is 0 Å². The van der Waals surface area contributed by atoms with E-state index in [0.29, 0.717) is 24.0 Å². The first-order chi connectivity index (χ1) is 13.9.